The van der Waals surface area contributed by atoms with Crippen LogP contribution in [-0.4, -0.2) is 58.6 Å². The van der Waals surface area contributed by atoms with Gasteiger partial charge >= 0.3 is 5.97 Å². The molecule has 0 saturated carbocycles. The van der Waals surface area contributed by atoms with Crippen molar-refractivity contribution in [3.63, 3.8) is 0 Å². The number of methoxy groups -OCH3 is 1. The first kappa shape index (κ1) is 27.7. The van der Waals surface area contributed by atoms with Gasteiger partial charge in [-0.2, -0.15) is 0 Å². The van der Waals surface area contributed by atoms with Crippen molar-refractivity contribution in [1.82, 2.24) is 9.88 Å². The number of aromatic nitrogens is 1. The Morgan fingerprint density at radius 2 is 2.03 bits per heavy atom. The molecule has 0 bridgehead atoms. The summed E-state index contributed by atoms with van der Waals surface area (Å²) in [5, 5.41) is 22.1. The Labute approximate surface area is 228 Å². The van der Waals surface area contributed by atoms with Crippen LogP contribution in [0.15, 0.2) is 53.6 Å². The molecule has 6 nitrogen and oxygen atoms in total. The number of thioether (sulfide) groups is 1. The van der Waals surface area contributed by atoms with Gasteiger partial charge in [-0.3, -0.25) is 9.78 Å². The first-order valence-corrected chi connectivity index (χ1v) is 14.1. The van der Waals surface area contributed by atoms with Crippen molar-refractivity contribution in [3.8, 4) is 5.75 Å². The second-order valence-electron chi connectivity index (χ2n) is 10.0. The van der Waals surface area contributed by atoms with Gasteiger partial charge in [-0.05, 0) is 81.4 Å². The summed E-state index contributed by atoms with van der Waals surface area (Å²) in [6.45, 7) is 4.82. The fourth-order valence-corrected chi connectivity index (χ4v) is 6.61. The van der Waals surface area contributed by atoms with Crippen LogP contribution < -0.4 is 4.74 Å². The highest BCUT2D eigenvalue weighted by Gasteiger charge is 2.37. The molecule has 0 radical (unpaired) electrons. The molecular weight excluding hydrogens is 508 g/mol. The maximum absolute atomic E-state index is 11.8. The number of hydrogen-bond acceptors (Lipinski definition) is 6. The molecule has 1 aliphatic heterocycles. The summed E-state index contributed by atoms with van der Waals surface area (Å²) in [6.07, 6.45) is 3.53. The molecule has 1 fully saturated rings. The van der Waals surface area contributed by atoms with Gasteiger partial charge < -0.3 is 19.8 Å². The predicted molar refractivity (Wildman–Crippen MR) is 150 cm³/mol. The number of fused-ring (bicyclic) bond motifs is 1. The van der Waals surface area contributed by atoms with E-state index >= 15 is 0 Å². The topological polar surface area (TPSA) is 82.9 Å². The number of likely N-dealkylation sites (tertiary alicyclic amines) is 1. The molecule has 3 aromatic rings. The molecule has 1 aliphatic rings. The normalized spacial score (nSPS) is 16.5. The Bertz CT molecular complexity index is 1230. The van der Waals surface area contributed by atoms with Crippen LogP contribution in [0.3, 0.4) is 0 Å². The first-order chi connectivity index (χ1) is 17.8. The van der Waals surface area contributed by atoms with Gasteiger partial charge in [-0.25, -0.2) is 0 Å². The number of carboxylic acid groups (broad SMARTS) is 1. The Balaban J connectivity index is 1.38. The second-order valence-corrected chi connectivity index (χ2v) is 11.6. The first-order valence-electron chi connectivity index (χ1n) is 12.7. The van der Waals surface area contributed by atoms with Crippen LogP contribution in [0, 0.1) is 12.3 Å². The highest BCUT2D eigenvalue weighted by molar-refractivity contribution is 7.99. The van der Waals surface area contributed by atoms with E-state index in [-0.39, 0.29) is 11.8 Å². The molecule has 1 atom stereocenters. The third-order valence-corrected chi connectivity index (χ3v) is 8.73. The van der Waals surface area contributed by atoms with Gasteiger partial charge in [-0.1, -0.05) is 29.3 Å². The zero-order valence-electron chi connectivity index (χ0n) is 21.5. The van der Waals surface area contributed by atoms with Crippen molar-refractivity contribution in [2.45, 2.75) is 50.0 Å². The number of aliphatic hydroxyl groups excluding tert-OH is 1. The zero-order chi connectivity index (χ0) is 26.4. The number of pyridine rings is 1. The molecule has 1 aromatic heterocycles. The molecule has 4 rings (SSSR count). The van der Waals surface area contributed by atoms with Crippen LogP contribution in [0.2, 0.25) is 5.02 Å². The molecule has 0 amide bonds. The summed E-state index contributed by atoms with van der Waals surface area (Å²) in [5.74, 6) is 0.890. The third-order valence-electron chi connectivity index (χ3n) is 7.46. The summed E-state index contributed by atoms with van der Waals surface area (Å²) in [7, 11) is 1.60. The van der Waals surface area contributed by atoms with E-state index in [4.69, 9.17) is 16.3 Å². The van der Waals surface area contributed by atoms with Gasteiger partial charge in [-0.15, -0.1) is 11.8 Å². The SMILES string of the molecule is COc1ccc2ncc(Cl)c([C@H](O)CCC3(CC(=O)O)CCN(CCSc4cccc(C)c4)CC3)c2c1. The molecular formula is C29H35ClN2O4S. The minimum absolute atomic E-state index is 0.115. The van der Waals surface area contributed by atoms with Crippen molar-refractivity contribution >= 4 is 40.2 Å². The number of piperidine rings is 1. The molecule has 8 heteroatoms. The number of hydrogen-bond donors (Lipinski definition) is 2. The molecule has 2 heterocycles. The Hall–Kier alpha value is -2.32. The van der Waals surface area contributed by atoms with Crippen molar-refractivity contribution in [3.05, 3.63) is 64.8 Å². The number of carboxylic acids is 1. The van der Waals surface area contributed by atoms with E-state index in [0.29, 0.717) is 29.2 Å². The monoisotopic (exact) mass is 542 g/mol. The number of halogens is 1. The Morgan fingerprint density at radius 3 is 2.73 bits per heavy atom. The average Bonchev–Trinajstić information content (AvgIpc) is 2.88. The van der Waals surface area contributed by atoms with Gasteiger partial charge in [0.2, 0.25) is 0 Å². The van der Waals surface area contributed by atoms with Gasteiger partial charge in [0.25, 0.3) is 0 Å². The quantitative estimate of drug-likeness (QED) is 0.272. The van der Waals surface area contributed by atoms with E-state index in [9.17, 15) is 15.0 Å². The van der Waals surface area contributed by atoms with Gasteiger partial charge in [0.1, 0.15) is 5.75 Å². The van der Waals surface area contributed by atoms with Crippen molar-refractivity contribution in [1.29, 1.82) is 0 Å². The molecule has 0 spiro atoms. The van der Waals surface area contributed by atoms with Crippen molar-refractivity contribution in [2.24, 2.45) is 5.41 Å². The van der Waals surface area contributed by atoms with Crippen molar-refractivity contribution in [2.75, 3.05) is 32.5 Å². The van der Waals surface area contributed by atoms with Gasteiger partial charge in [0.05, 0.1) is 30.2 Å². The molecule has 198 valence electrons. The standard InChI is InChI=1S/C29H35ClN2O4S/c1-20-4-3-5-22(16-20)37-15-14-32-12-10-29(11-13-32,18-27(34)35)9-8-26(33)28-23-17-21(36-2)6-7-25(23)31-19-24(28)30/h3-7,16-17,19,26,33H,8-15,18H2,1-2H3,(H,34,35)/t26-/m1/s1. The van der Waals surface area contributed by atoms with Crippen molar-refractivity contribution < 1.29 is 19.7 Å². The Kier molecular flexibility index (Phi) is 9.35. The largest absolute Gasteiger partial charge is 0.497 e. The van der Waals surface area contributed by atoms with Crippen LogP contribution >= 0.6 is 23.4 Å². The highest BCUT2D eigenvalue weighted by atomic mass is 35.5. The van der Waals surface area contributed by atoms with Crippen LogP contribution in [0.1, 0.15) is 49.3 Å². The maximum atomic E-state index is 11.8. The number of carbonyl (C=O) groups is 1. The van der Waals surface area contributed by atoms with Crippen LogP contribution in [0.25, 0.3) is 10.9 Å². The van der Waals surface area contributed by atoms with E-state index in [0.717, 1.165) is 49.1 Å². The lowest BCUT2D eigenvalue weighted by Crippen LogP contribution is -2.42. The summed E-state index contributed by atoms with van der Waals surface area (Å²) in [6, 6.07) is 14.1. The average molecular weight is 543 g/mol. The van der Waals surface area contributed by atoms with Gasteiger partial charge in [0.15, 0.2) is 0 Å². The molecule has 0 aliphatic carbocycles. The fourth-order valence-electron chi connectivity index (χ4n) is 5.31. The number of rotatable bonds is 11. The molecule has 0 unspecified atom stereocenters. The van der Waals surface area contributed by atoms with Crippen LogP contribution in [0.4, 0.5) is 0 Å². The lowest BCUT2D eigenvalue weighted by atomic mass is 9.71. The maximum Gasteiger partial charge on any atom is 0.303 e. The van der Waals surface area contributed by atoms with Crippen LogP contribution in [0.5, 0.6) is 5.75 Å². The van der Waals surface area contributed by atoms with E-state index < -0.39 is 12.1 Å². The number of aryl methyl sites for hydroxylation is 1. The molecule has 2 N–H and O–H groups in total. The smallest absolute Gasteiger partial charge is 0.303 e. The summed E-state index contributed by atoms with van der Waals surface area (Å²) in [4.78, 5) is 19.9. The third kappa shape index (κ3) is 7.17. The minimum atomic E-state index is -0.820. The number of aliphatic carboxylic acids is 1. The predicted octanol–water partition coefficient (Wildman–Crippen LogP) is 6.37. The number of benzene rings is 2. The zero-order valence-corrected chi connectivity index (χ0v) is 23.0. The fraction of sp³-hybridized carbons (Fsp3) is 0.448. The summed E-state index contributed by atoms with van der Waals surface area (Å²) >= 11 is 8.35. The number of aliphatic hydroxyl groups is 1. The number of ether oxygens (including phenoxy) is 1. The summed E-state index contributed by atoms with van der Waals surface area (Å²) < 4.78 is 5.36. The second kappa shape index (κ2) is 12.5. The lowest BCUT2D eigenvalue weighted by Gasteiger charge is -2.41. The number of nitrogens with zero attached hydrogens (tertiary/aromatic N) is 2. The van der Waals surface area contributed by atoms with E-state index in [1.807, 2.05) is 30.0 Å². The van der Waals surface area contributed by atoms with E-state index in [1.54, 1.807) is 13.3 Å². The van der Waals surface area contributed by atoms with E-state index in [1.165, 1.54) is 10.5 Å². The van der Waals surface area contributed by atoms with E-state index in [2.05, 4.69) is 41.1 Å². The van der Waals surface area contributed by atoms with Gasteiger partial charge in [0, 0.05) is 34.3 Å². The molecule has 37 heavy (non-hydrogen) atoms. The Morgan fingerprint density at radius 1 is 1.24 bits per heavy atom. The molecule has 2 aromatic carbocycles. The lowest BCUT2D eigenvalue weighted by molar-refractivity contribution is -0.141. The summed E-state index contributed by atoms with van der Waals surface area (Å²) in [5.41, 5.74) is 2.29. The van der Waals surface area contributed by atoms with Crippen LogP contribution in [-0.2, 0) is 4.79 Å². The highest BCUT2D eigenvalue weighted by Crippen LogP contribution is 2.43. The molecule has 1 saturated heterocycles. The minimum Gasteiger partial charge on any atom is -0.497 e.